The number of methoxy groups -OCH3 is 1. The standard InChI is InChI=1S/C17H13N3O5/c1-25-14-8-2-11(3-9-14)16-10-15(17(21)22)18-19(16)12-4-6-13(7-5-12)20(23)24/h2-10H,1H3,(H,21,22). The highest BCUT2D eigenvalue weighted by Crippen LogP contribution is 2.27. The number of hydrogen-bond acceptors (Lipinski definition) is 5. The van der Waals surface area contributed by atoms with Gasteiger partial charge in [-0.05, 0) is 42.5 Å². The molecule has 0 saturated carbocycles. The van der Waals surface area contributed by atoms with Crippen LogP contribution < -0.4 is 4.74 Å². The van der Waals surface area contributed by atoms with Gasteiger partial charge in [-0.25, -0.2) is 9.48 Å². The summed E-state index contributed by atoms with van der Waals surface area (Å²) in [7, 11) is 1.55. The number of carboxylic acids is 1. The van der Waals surface area contributed by atoms with E-state index in [1.54, 1.807) is 31.4 Å². The van der Waals surface area contributed by atoms with Crippen LogP contribution in [-0.4, -0.2) is 32.9 Å². The van der Waals surface area contributed by atoms with E-state index in [2.05, 4.69) is 5.10 Å². The Kier molecular flexibility index (Phi) is 4.17. The molecule has 0 bridgehead atoms. The maximum atomic E-state index is 11.3. The lowest BCUT2D eigenvalue weighted by Crippen LogP contribution is -2.02. The van der Waals surface area contributed by atoms with E-state index in [1.165, 1.54) is 35.0 Å². The van der Waals surface area contributed by atoms with Crippen LogP contribution in [0.2, 0.25) is 0 Å². The van der Waals surface area contributed by atoms with E-state index in [1.807, 2.05) is 0 Å². The predicted molar refractivity (Wildman–Crippen MR) is 89.2 cm³/mol. The number of nitrogens with zero attached hydrogens (tertiary/aromatic N) is 3. The Balaban J connectivity index is 2.11. The Morgan fingerprint density at radius 1 is 1.16 bits per heavy atom. The Morgan fingerprint density at radius 3 is 2.32 bits per heavy atom. The van der Waals surface area contributed by atoms with Gasteiger partial charge in [0, 0.05) is 17.7 Å². The molecule has 1 N–H and O–H groups in total. The minimum atomic E-state index is -1.16. The molecule has 1 heterocycles. The van der Waals surface area contributed by atoms with Gasteiger partial charge in [-0.1, -0.05) is 0 Å². The zero-order valence-corrected chi connectivity index (χ0v) is 13.1. The van der Waals surface area contributed by atoms with Gasteiger partial charge >= 0.3 is 5.97 Å². The molecule has 0 unspecified atom stereocenters. The smallest absolute Gasteiger partial charge is 0.356 e. The molecule has 0 aliphatic carbocycles. The van der Waals surface area contributed by atoms with E-state index in [-0.39, 0.29) is 11.4 Å². The van der Waals surface area contributed by atoms with E-state index in [9.17, 15) is 20.0 Å². The molecule has 0 saturated heterocycles. The van der Waals surface area contributed by atoms with Crippen LogP contribution in [0, 0.1) is 10.1 Å². The van der Waals surface area contributed by atoms with E-state index >= 15 is 0 Å². The molecule has 8 nitrogen and oxygen atoms in total. The van der Waals surface area contributed by atoms with Crippen molar-refractivity contribution in [2.24, 2.45) is 0 Å². The Morgan fingerprint density at radius 2 is 1.80 bits per heavy atom. The largest absolute Gasteiger partial charge is 0.497 e. The van der Waals surface area contributed by atoms with Crippen molar-refractivity contribution in [2.75, 3.05) is 7.11 Å². The lowest BCUT2D eigenvalue weighted by Gasteiger charge is -2.08. The number of aromatic nitrogens is 2. The molecule has 0 radical (unpaired) electrons. The molecular weight excluding hydrogens is 326 g/mol. The number of rotatable bonds is 5. The van der Waals surface area contributed by atoms with E-state index < -0.39 is 10.9 Å². The molecule has 8 heteroatoms. The first-order valence-corrected chi connectivity index (χ1v) is 7.22. The summed E-state index contributed by atoms with van der Waals surface area (Å²) in [5.74, 6) is -0.487. The lowest BCUT2D eigenvalue weighted by molar-refractivity contribution is -0.384. The fourth-order valence-corrected chi connectivity index (χ4v) is 2.37. The second kappa shape index (κ2) is 6.44. The fourth-order valence-electron chi connectivity index (χ4n) is 2.37. The molecule has 0 atom stereocenters. The van der Waals surface area contributed by atoms with Crippen molar-refractivity contribution in [3.05, 3.63) is 70.4 Å². The number of non-ortho nitro benzene ring substituents is 1. The molecule has 0 fully saturated rings. The first kappa shape index (κ1) is 16.2. The average Bonchev–Trinajstić information content (AvgIpc) is 3.07. The third kappa shape index (κ3) is 3.18. The van der Waals surface area contributed by atoms with Gasteiger partial charge in [0.25, 0.3) is 5.69 Å². The zero-order valence-electron chi connectivity index (χ0n) is 13.1. The van der Waals surface area contributed by atoms with Crippen LogP contribution in [0.3, 0.4) is 0 Å². The summed E-state index contributed by atoms with van der Waals surface area (Å²) < 4.78 is 6.56. The third-order valence-electron chi connectivity index (χ3n) is 3.62. The van der Waals surface area contributed by atoms with Crippen LogP contribution in [0.25, 0.3) is 16.9 Å². The van der Waals surface area contributed by atoms with Crippen molar-refractivity contribution in [3.8, 4) is 22.7 Å². The summed E-state index contributed by atoms with van der Waals surface area (Å²) >= 11 is 0. The van der Waals surface area contributed by atoms with Gasteiger partial charge in [-0.2, -0.15) is 5.10 Å². The number of hydrogen-bond donors (Lipinski definition) is 1. The number of carboxylic acid groups (broad SMARTS) is 1. The molecule has 25 heavy (non-hydrogen) atoms. The van der Waals surface area contributed by atoms with E-state index in [4.69, 9.17) is 4.74 Å². The van der Waals surface area contributed by atoms with Crippen LogP contribution in [0.15, 0.2) is 54.6 Å². The molecule has 0 aliphatic rings. The summed E-state index contributed by atoms with van der Waals surface area (Å²) in [6, 6.07) is 14.2. The fraction of sp³-hybridized carbons (Fsp3) is 0.0588. The molecule has 0 aliphatic heterocycles. The first-order valence-electron chi connectivity index (χ1n) is 7.22. The summed E-state index contributed by atoms with van der Waals surface area (Å²) in [5.41, 5.74) is 1.63. The number of aromatic carboxylic acids is 1. The van der Waals surface area contributed by atoms with Crippen LogP contribution in [0.1, 0.15) is 10.5 Å². The monoisotopic (exact) mass is 339 g/mol. The zero-order chi connectivity index (χ0) is 18.0. The van der Waals surface area contributed by atoms with Gasteiger partial charge in [-0.3, -0.25) is 10.1 Å². The molecule has 0 spiro atoms. The summed E-state index contributed by atoms with van der Waals surface area (Å²) in [6.45, 7) is 0. The molecule has 126 valence electrons. The Labute approximate surface area is 142 Å². The SMILES string of the molecule is COc1ccc(-c2cc(C(=O)O)nn2-c2ccc([N+](=O)[O-])cc2)cc1. The van der Waals surface area contributed by atoms with E-state index in [0.717, 1.165) is 5.56 Å². The minimum absolute atomic E-state index is 0.0552. The summed E-state index contributed by atoms with van der Waals surface area (Å²) in [5, 5.41) is 24.1. The molecular formula is C17H13N3O5. The number of carbonyl (C=O) groups is 1. The Bertz CT molecular complexity index is 930. The molecule has 2 aromatic carbocycles. The van der Waals surface area contributed by atoms with Gasteiger partial charge in [0.2, 0.25) is 0 Å². The van der Waals surface area contributed by atoms with Crippen molar-refractivity contribution in [3.63, 3.8) is 0 Å². The van der Waals surface area contributed by atoms with Crippen molar-refractivity contribution < 1.29 is 19.6 Å². The number of nitro benzene ring substituents is 1. The van der Waals surface area contributed by atoms with Crippen LogP contribution in [0.4, 0.5) is 5.69 Å². The normalized spacial score (nSPS) is 10.4. The number of ether oxygens (including phenoxy) is 1. The maximum absolute atomic E-state index is 11.3. The first-order chi connectivity index (χ1) is 12.0. The van der Waals surface area contributed by atoms with Crippen molar-refractivity contribution >= 4 is 11.7 Å². The van der Waals surface area contributed by atoms with Crippen molar-refractivity contribution in [1.29, 1.82) is 0 Å². The van der Waals surface area contributed by atoms with Crippen molar-refractivity contribution in [1.82, 2.24) is 9.78 Å². The lowest BCUT2D eigenvalue weighted by atomic mass is 10.1. The topological polar surface area (TPSA) is 107 Å². The second-order valence-electron chi connectivity index (χ2n) is 5.13. The Hall–Kier alpha value is -3.68. The van der Waals surface area contributed by atoms with Gasteiger partial charge in [0.1, 0.15) is 5.75 Å². The molecule has 3 aromatic rings. The van der Waals surface area contributed by atoms with Gasteiger partial charge in [-0.15, -0.1) is 0 Å². The maximum Gasteiger partial charge on any atom is 0.356 e. The van der Waals surface area contributed by atoms with Crippen molar-refractivity contribution in [2.45, 2.75) is 0 Å². The highest BCUT2D eigenvalue weighted by Gasteiger charge is 2.16. The second-order valence-corrected chi connectivity index (χ2v) is 5.13. The number of nitro groups is 1. The predicted octanol–water partition coefficient (Wildman–Crippen LogP) is 3.15. The van der Waals surface area contributed by atoms with Crippen LogP contribution in [0.5, 0.6) is 5.75 Å². The third-order valence-corrected chi connectivity index (χ3v) is 3.62. The van der Waals surface area contributed by atoms with E-state index in [0.29, 0.717) is 17.1 Å². The number of benzene rings is 2. The van der Waals surface area contributed by atoms with Gasteiger partial charge < -0.3 is 9.84 Å². The molecule has 1 aromatic heterocycles. The quantitative estimate of drug-likeness (QED) is 0.565. The van der Waals surface area contributed by atoms with Crippen LogP contribution >= 0.6 is 0 Å². The minimum Gasteiger partial charge on any atom is -0.497 e. The van der Waals surface area contributed by atoms with Gasteiger partial charge in [0.05, 0.1) is 23.4 Å². The summed E-state index contributed by atoms with van der Waals surface area (Å²) in [6.07, 6.45) is 0. The molecule has 3 rings (SSSR count). The van der Waals surface area contributed by atoms with Crippen LogP contribution in [-0.2, 0) is 0 Å². The highest BCUT2D eigenvalue weighted by molar-refractivity contribution is 5.87. The average molecular weight is 339 g/mol. The molecule has 0 amide bonds. The van der Waals surface area contributed by atoms with Gasteiger partial charge in [0.15, 0.2) is 5.69 Å². The highest BCUT2D eigenvalue weighted by atomic mass is 16.6. The summed E-state index contributed by atoms with van der Waals surface area (Å²) in [4.78, 5) is 21.6.